The Bertz CT molecular complexity index is 61.5. The van der Waals surface area contributed by atoms with Crippen LogP contribution in [-0.2, 0) is 0 Å². The van der Waals surface area contributed by atoms with Crippen LogP contribution in [0.1, 0.15) is 12.8 Å². The summed E-state index contributed by atoms with van der Waals surface area (Å²) in [6.45, 7) is 0. The van der Waals surface area contributed by atoms with Gasteiger partial charge in [0.2, 0.25) is 0 Å². The zero-order valence-electron chi connectivity index (χ0n) is 4.13. The monoisotopic (exact) mass is 298 g/mol. The van der Waals surface area contributed by atoms with Crippen molar-refractivity contribution in [1.82, 2.24) is 0 Å². The lowest BCUT2D eigenvalue weighted by molar-refractivity contribution is 0.116. The van der Waals surface area contributed by atoms with Gasteiger partial charge in [0.05, 0.1) is 0 Å². The second kappa shape index (κ2) is 3.98. The van der Waals surface area contributed by atoms with Gasteiger partial charge in [-0.15, -0.1) is 0 Å². The van der Waals surface area contributed by atoms with Crippen LogP contribution in [0.15, 0.2) is 0 Å². The van der Waals surface area contributed by atoms with Crippen molar-refractivity contribution in [3.63, 3.8) is 0 Å². The SMILES string of the molecule is FC(F)(I)CCCBr. The first-order valence-corrected chi connectivity index (χ1v) is 4.39. The first-order valence-electron chi connectivity index (χ1n) is 2.19. The molecule has 0 aliphatic rings. The highest BCUT2D eigenvalue weighted by molar-refractivity contribution is 14.1. The minimum atomic E-state index is -2.51. The fraction of sp³-hybridized carbons (Fsp3) is 1.00. The average Bonchev–Trinajstić information content (AvgIpc) is 1.59. The van der Waals surface area contributed by atoms with Crippen LogP contribution in [0.5, 0.6) is 0 Å². The molecule has 0 heterocycles. The Balaban J connectivity index is 3.11. The second-order valence-corrected chi connectivity index (χ2v) is 3.78. The molecule has 0 aliphatic carbocycles. The van der Waals surface area contributed by atoms with Crippen molar-refractivity contribution < 1.29 is 8.78 Å². The van der Waals surface area contributed by atoms with Gasteiger partial charge in [-0.2, -0.15) is 8.78 Å². The quantitative estimate of drug-likeness (QED) is 0.554. The molecule has 0 nitrogen and oxygen atoms in total. The highest BCUT2D eigenvalue weighted by Crippen LogP contribution is 2.27. The maximum atomic E-state index is 11.9. The van der Waals surface area contributed by atoms with Gasteiger partial charge >= 0.3 is 0 Å². The molecule has 0 unspecified atom stereocenters. The minimum absolute atomic E-state index is 0.0290. The van der Waals surface area contributed by atoms with E-state index in [-0.39, 0.29) is 6.42 Å². The molecule has 0 radical (unpaired) electrons. The smallest absolute Gasteiger partial charge is 0.195 e. The van der Waals surface area contributed by atoms with E-state index in [0.29, 0.717) is 11.8 Å². The molecule has 0 atom stereocenters. The summed E-state index contributed by atoms with van der Waals surface area (Å²) in [5.41, 5.74) is 0. The van der Waals surface area contributed by atoms with Gasteiger partial charge in [-0.25, -0.2) is 0 Å². The van der Waals surface area contributed by atoms with E-state index in [9.17, 15) is 8.78 Å². The zero-order valence-corrected chi connectivity index (χ0v) is 7.88. The summed E-state index contributed by atoms with van der Waals surface area (Å²) >= 11 is 4.21. The van der Waals surface area contributed by atoms with E-state index in [4.69, 9.17) is 0 Å². The summed E-state index contributed by atoms with van der Waals surface area (Å²) in [5, 5.41) is 0.658. The van der Waals surface area contributed by atoms with Crippen LogP contribution < -0.4 is 0 Å². The van der Waals surface area contributed by atoms with Gasteiger partial charge in [0, 0.05) is 11.8 Å². The highest BCUT2D eigenvalue weighted by Gasteiger charge is 2.21. The summed E-state index contributed by atoms with van der Waals surface area (Å²) in [6.07, 6.45) is 0.509. The number of halogens is 4. The maximum absolute atomic E-state index is 11.9. The third kappa shape index (κ3) is 7.07. The van der Waals surface area contributed by atoms with Gasteiger partial charge in [-0.1, -0.05) is 15.9 Å². The predicted octanol–water partition coefficient (Wildman–Crippen LogP) is 3.19. The molecule has 0 rings (SSSR count). The number of hydrogen-bond donors (Lipinski definition) is 0. The molecular formula is C4H6BrF2I. The molecule has 0 saturated carbocycles. The van der Waals surface area contributed by atoms with Crippen molar-refractivity contribution in [3.05, 3.63) is 0 Å². The molecule has 0 aliphatic heterocycles. The Hall–Kier alpha value is 1.07. The largest absolute Gasteiger partial charge is 0.296 e. The van der Waals surface area contributed by atoms with Crippen molar-refractivity contribution in [2.75, 3.05) is 5.33 Å². The van der Waals surface area contributed by atoms with E-state index in [2.05, 4.69) is 15.9 Å². The van der Waals surface area contributed by atoms with Gasteiger partial charge in [0.25, 0.3) is 3.93 Å². The van der Waals surface area contributed by atoms with E-state index in [1.807, 2.05) is 0 Å². The summed E-state index contributed by atoms with van der Waals surface area (Å²) in [4.78, 5) is 0. The van der Waals surface area contributed by atoms with Crippen LogP contribution in [-0.4, -0.2) is 9.26 Å². The standard InChI is InChI=1S/C4H6BrF2I/c5-3-1-2-4(6,7)8/h1-3H2. The van der Waals surface area contributed by atoms with E-state index in [1.54, 1.807) is 0 Å². The first-order chi connectivity index (χ1) is 3.56. The Morgan fingerprint density at radius 1 is 1.50 bits per heavy atom. The second-order valence-electron chi connectivity index (χ2n) is 1.41. The van der Waals surface area contributed by atoms with Crippen LogP contribution in [0, 0.1) is 0 Å². The first kappa shape index (κ1) is 9.07. The Labute approximate surface area is 69.3 Å². The molecule has 0 N–H and O–H groups in total. The number of hydrogen-bond acceptors (Lipinski definition) is 0. The summed E-state index contributed by atoms with van der Waals surface area (Å²) in [5.74, 6) is 0. The minimum Gasteiger partial charge on any atom is -0.195 e. The van der Waals surface area contributed by atoms with Gasteiger partial charge in [-0.05, 0) is 29.0 Å². The lowest BCUT2D eigenvalue weighted by atomic mass is 10.4. The van der Waals surface area contributed by atoms with Crippen LogP contribution >= 0.6 is 38.5 Å². The lowest BCUT2D eigenvalue weighted by Crippen LogP contribution is -2.03. The topological polar surface area (TPSA) is 0 Å². The molecule has 0 bridgehead atoms. The van der Waals surface area contributed by atoms with Crippen molar-refractivity contribution >= 4 is 38.5 Å². The summed E-state index contributed by atoms with van der Waals surface area (Å²) in [7, 11) is 0. The third-order valence-electron chi connectivity index (χ3n) is 0.594. The van der Waals surface area contributed by atoms with Crippen LogP contribution in [0.4, 0.5) is 8.78 Å². The summed E-state index contributed by atoms with van der Waals surface area (Å²) in [6, 6.07) is 0. The molecular weight excluding hydrogens is 293 g/mol. The summed E-state index contributed by atoms with van der Waals surface area (Å²) < 4.78 is 21.2. The molecule has 0 aromatic heterocycles. The predicted molar refractivity (Wildman–Crippen MR) is 42.0 cm³/mol. The molecule has 0 spiro atoms. The van der Waals surface area contributed by atoms with Crippen LogP contribution in [0.3, 0.4) is 0 Å². The van der Waals surface area contributed by atoms with E-state index in [1.165, 1.54) is 0 Å². The fourth-order valence-corrected chi connectivity index (χ4v) is 0.929. The molecule has 0 aromatic carbocycles. The Morgan fingerprint density at radius 2 is 2.00 bits per heavy atom. The molecule has 0 aromatic rings. The Morgan fingerprint density at radius 3 is 2.12 bits per heavy atom. The van der Waals surface area contributed by atoms with Crippen LogP contribution in [0.25, 0.3) is 0 Å². The number of alkyl halides is 4. The average molecular weight is 299 g/mol. The molecule has 50 valence electrons. The third-order valence-corrected chi connectivity index (χ3v) is 1.69. The maximum Gasteiger partial charge on any atom is 0.296 e. The van der Waals surface area contributed by atoms with Crippen LogP contribution in [0.2, 0.25) is 0 Å². The van der Waals surface area contributed by atoms with Crippen molar-refractivity contribution in [1.29, 1.82) is 0 Å². The zero-order chi connectivity index (χ0) is 6.62. The van der Waals surface area contributed by atoms with Crippen molar-refractivity contribution in [2.24, 2.45) is 0 Å². The molecule has 4 heteroatoms. The Kier molecular flexibility index (Phi) is 4.51. The van der Waals surface area contributed by atoms with Crippen molar-refractivity contribution in [2.45, 2.75) is 16.8 Å². The van der Waals surface area contributed by atoms with E-state index >= 15 is 0 Å². The molecule has 0 fully saturated rings. The van der Waals surface area contributed by atoms with Crippen molar-refractivity contribution in [3.8, 4) is 0 Å². The van der Waals surface area contributed by atoms with E-state index < -0.39 is 3.93 Å². The van der Waals surface area contributed by atoms with Gasteiger partial charge < -0.3 is 0 Å². The van der Waals surface area contributed by atoms with Gasteiger partial charge in [-0.3, -0.25) is 0 Å². The fourth-order valence-electron chi connectivity index (χ4n) is 0.267. The lowest BCUT2D eigenvalue weighted by Gasteiger charge is -2.04. The highest BCUT2D eigenvalue weighted by atomic mass is 127. The molecule has 0 saturated heterocycles. The normalized spacial score (nSPS) is 12.0. The van der Waals surface area contributed by atoms with Gasteiger partial charge in [0.15, 0.2) is 0 Å². The van der Waals surface area contributed by atoms with Gasteiger partial charge in [0.1, 0.15) is 0 Å². The molecule has 8 heavy (non-hydrogen) atoms. The molecule has 0 amide bonds. The number of rotatable bonds is 3. The van der Waals surface area contributed by atoms with E-state index in [0.717, 1.165) is 22.6 Å².